The van der Waals surface area contributed by atoms with Gasteiger partial charge >= 0.3 is 6.01 Å². The third-order valence-electron chi connectivity index (χ3n) is 17.9. The number of phenols is 1. The number of piperidine rings is 2. The van der Waals surface area contributed by atoms with Gasteiger partial charge in [0.25, 0.3) is 0 Å². The highest BCUT2D eigenvalue weighted by atomic mass is 19.1. The average molecular weight is 1000 g/mol. The van der Waals surface area contributed by atoms with Gasteiger partial charge in [-0.25, -0.2) is 17.6 Å². The summed E-state index contributed by atoms with van der Waals surface area (Å²) in [6.45, 7) is 10.8. The van der Waals surface area contributed by atoms with Crippen LogP contribution in [-0.4, -0.2) is 126 Å². The van der Waals surface area contributed by atoms with Crippen molar-refractivity contribution in [3.05, 3.63) is 77.0 Å². The zero-order valence-electron chi connectivity index (χ0n) is 41.6. The molecule has 7 fully saturated rings. The molecule has 7 heterocycles. The first-order chi connectivity index (χ1) is 35.3. The maximum atomic E-state index is 17.2. The molecule has 12 rings (SSSR count). The van der Waals surface area contributed by atoms with Crippen LogP contribution in [0.1, 0.15) is 101 Å². The fourth-order valence-corrected chi connectivity index (χ4v) is 13.5. The Morgan fingerprint density at radius 3 is 2.21 bits per heavy atom. The predicted octanol–water partition coefficient (Wildman–Crippen LogP) is 8.38. The fraction of sp³-hybridized carbons (Fsp3) is 0.554. The van der Waals surface area contributed by atoms with Gasteiger partial charge in [-0.3, -0.25) is 24.8 Å². The average Bonchev–Trinajstić information content (AvgIpc) is 4.07. The highest BCUT2D eigenvalue weighted by Crippen LogP contribution is 2.50. The van der Waals surface area contributed by atoms with Crippen LogP contribution in [0.4, 0.5) is 29.1 Å². The Labute approximate surface area is 423 Å². The van der Waals surface area contributed by atoms with E-state index < -0.39 is 41.0 Å². The lowest BCUT2D eigenvalue weighted by Gasteiger charge is -2.47. The SMILES string of the molecule is CCc1c(F)ccc2cc(O)cc(-c3ncc4c(N5CC6CCC(C5)N6)nc(OCC5(CN6CCC7(CCC(CN8CCN(c9cc(F)c(C%10CCC(=O)NC%10=O)c(F)c9)CC8)CC7)CC6)CC5)nc4c3F)c12. The fourth-order valence-electron chi connectivity index (χ4n) is 13.5. The highest BCUT2D eigenvalue weighted by Gasteiger charge is 2.47. The van der Waals surface area contributed by atoms with Gasteiger partial charge in [0.05, 0.1) is 17.9 Å². The Morgan fingerprint density at radius 2 is 1.52 bits per heavy atom. The number of aromatic nitrogens is 3. The van der Waals surface area contributed by atoms with Crippen LogP contribution >= 0.6 is 0 Å². The summed E-state index contributed by atoms with van der Waals surface area (Å²) in [5, 5.41) is 18.3. The minimum absolute atomic E-state index is 0.0108. The monoisotopic (exact) mass is 1000 g/mol. The van der Waals surface area contributed by atoms with Gasteiger partial charge in [-0.15, -0.1) is 0 Å². The summed E-state index contributed by atoms with van der Waals surface area (Å²) >= 11 is 0. The third kappa shape index (κ3) is 9.47. The van der Waals surface area contributed by atoms with Crippen molar-refractivity contribution in [1.82, 2.24) is 35.4 Å². The molecule has 5 aliphatic heterocycles. The molecule has 5 saturated heterocycles. The molecule has 0 radical (unpaired) electrons. The Morgan fingerprint density at radius 1 is 0.795 bits per heavy atom. The van der Waals surface area contributed by atoms with E-state index in [1.54, 1.807) is 18.3 Å². The minimum Gasteiger partial charge on any atom is -0.508 e. The quantitative estimate of drug-likeness (QED) is 0.0818. The molecular weight excluding hydrogens is 939 g/mol. The van der Waals surface area contributed by atoms with E-state index >= 15 is 17.6 Å². The number of ether oxygens (including phenoxy) is 1. The van der Waals surface area contributed by atoms with Crippen molar-refractivity contribution >= 4 is 45.0 Å². The van der Waals surface area contributed by atoms with Crippen molar-refractivity contribution in [2.45, 2.75) is 108 Å². The first-order valence-electron chi connectivity index (χ1n) is 26.8. The van der Waals surface area contributed by atoms with Crippen LogP contribution in [0.25, 0.3) is 32.9 Å². The molecule has 7 aliphatic rings. The number of phenolic OH excluding ortho intramolecular Hbond substituents is 1. The molecule has 13 nitrogen and oxygen atoms in total. The van der Waals surface area contributed by atoms with Gasteiger partial charge in [0.2, 0.25) is 11.8 Å². The molecule has 386 valence electrons. The van der Waals surface area contributed by atoms with E-state index in [2.05, 4.69) is 30.3 Å². The number of carbonyl (C=O) groups excluding carboxylic acids is 2. The Balaban J connectivity index is 0.666. The number of carbonyl (C=O) groups is 2. The van der Waals surface area contributed by atoms with Gasteiger partial charge in [0, 0.05) is 99.3 Å². The van der Waals surface area contributed by atoms with E-state index in [9.17, 15) is 14.7 Å². The lowest BCUT2D eigenvalue weighted by Crippen LogP contribution is -2.51. The smallest absolute Gasteiger partial charge is 0.319 e. The third-order valence-corrected chi connectivity index (χ3v) is 17.9. The molecular formula is C56H65F4N9O4. The van der Waals surface area contributed by atoms with Crippen molar-refractivity contribution in [2.75, 3.05) is 81.9 Å². The first kappa shape index (κ1) is 48.3. The van der Waals surface area contributed by atoms with Gasteiger partial charge in [-0.2, -0.15) is 9.97 Å². The Kier molecular flexibility index (Phi) is 12.7. The van der Waals surface area contributed by atoms with Gasteiger partial charge in [-0.1, -0.05) is 13.0 Å². The molecule has 2 amide bonds. The molecule has 2 bridgehead atoms. The summed E-state index contributed by atoms with van der Waals surface area (Å²) < 4.78 is 69.6. The van der Waals surface area contributed by atoms with Crippen molar-refractivity contribution in [1.29, 1.82) is 0 Å². The topological polar surface area (TPSA) is 139 Å². The Bertz CT molecular complexity index is 2930. The molecule has 3 aromatic carbocycles. The number of pyridine rings is 1. The number of halogens is 4. The van der Waals surface area contributed by atoms with Gasteiger partial charge in [-0.05, 0) is 148 Å². The summed E-state index contributed by atoms with van der Waals surface area (Å²) in [7, 11) is 0. The number of amides is 2. The van der Waals surface area contributed by atoms with Crippen LogP contribution in [0.3, 0.4) is 0 Å². The number of aromatic hydroxyl groups is 1. The summed E-state index contributed by atoms with van der Waals surface area (Å²) in [5.41, 5.74) is 1.40. The largest absolute Gasteiger partial charge is 0.508 e. The summed E-state index contributed by atoms with van der Waals surface area (Å²) in [6, 6.07) is 9.42. The number of hydrogen-bond acceptors (Lipinski definition) is 12. The molecule has 17 heteroatoms. The van der Waals surface area contributed by atoms with Crippen LogP contribution in [0.15, 0.2) is 42.6 Å². The van der Waals surface area contributed by atoms with Gasteiger partial charge < -0.3 is 29.9 Å². The summed E-state index contributed by atoms with van der Waals surface area (Å²) in [4.78, 5) is 47.7. The lowest BCUT2D eigenvalue weighted by molar-refractivity contribution is -0.134. The van der Waals surface area contributed by atoms with Gasteiger partial charge in [0.15, 0.2) is 5.82 Å². The maximum Gasteiger partial charge on any atom is 0.319 e. The number of aryl methyl sites for hydroxylation is 1. The van der Waals surface area contributed by atoms with E-state index in [0.29, 0.717) is 88.3 Å². The van der Waals surface area contributed by atoms with E-state index in [1.165, 1.54) is 62.8 Å². The van der Waals surface area contributed by atoms with Crippen molar-refractivity contribution in [3.63, 3.8) is 0 Å². The van der Waals surface area contributed by atoms with E-state index in [1.807, 2.05) is 11.8 Å². The van der Waals surface area contributed by atoms with Crippen LogP contribution in [0, 0.1) is 40.0 Å². The molecule has 3 unspecified atom stereocenters. The number of benzene rings is 3. The second kappa shape index (κ2) is 19.2. The van der Waals surface area contributed by atoms with Gasteiger partial charge in [0.1, 0.15) is 40.2 Å². The van der Waals surface area contributed by atoms with E-state index in [0.717, 1.165) is 78.0 Å². The van der Waals surface area contributed by atoms with Crippen LogP contribution < -0.4 is 25.2 Å². The number of likely N-dealkylation sites (tertiary alicyclic amines) is 1. The van der Waals surface area contributed by atoms with Crippen LogP contribution in [-0.2, 0) is 16.0 Å². The Hall–Kier alpha value is -5.65. The molecule has 3 N–H and O–H groups in total. The van der Waals surface area contributed by atoms with Crippen LogP contribution in [0.5, 0.6) is 11.8 Å². The number of anilines is 2. The van der Waals surface area contributed by atoms with Crippen molar-refractivity contribution < 1.29 is 37.0 Å². The molecule has 2 saturated carbocycles. The van der Waals surface area contributed by atoms with Crippen molar-refractivity contribution in [2.24, 2.45) is 16.7 Å². The molecule has 3 atom stereocenters. The zero-order valence-corrected chi connectivity index (χ0v) is 41.6. The molecule has 73 heavy (non-hydrogen) atoms. The normalized spacial score (nSPS) is 24.5. The summed E-state index contributed by atoms with van der Waals surface area (Å²) in [6.07, 6.45) is 13.6. The van der Waals surface area contributed by atoms with E-state index in [4.69, 9.17) is 14.7 Å². The number of hydrogen-bond donors (Lipinski definition) is 3. The standard InChI is InChI=1S/C56H65F4N9O4/c1-2-39-43(57)7-3-34-23-38(70)26-41(47(34)39)50-49(60)51-42(27-61-50)52(69-29-35-4-5-36(30-69)62-35)65-54(64-51)73-32-56(13-14-56)31-67-17-15-55(16-18-67)11-9-33(10-12-55)28-66-19-21-68(22-20-66)37-24-44(58)48(45(59)25-37)40-6-8-46(71)63-53(40)72/h3,7,23-27,33,35-36,40,62,70H,2,4-6,8-22,28-32H2,1H3,(H,63,71,72). The van der Waals surface area contributed by atoms with Crippen LogP contribution in [0.2, 0.25) is 0 Å². The number of rotatable bonds is 12. The van der Waals surface area contributed by atoms with E-state index in [-0.39, 0.29) is 46.8 Å². The zero-order chi connectivity index (χ0) is 50.2. The molecule has 2 aromatic heterocycles. The van der Waals surface area contributed by atoms with Crippen molar-refractivity contribution in [3.8, 4) is 23.0 Å². The second-order valence-corrected chi connectivity index (χ2v) is 22.6. The number of imide groups is 1. The second-order valence-electron chi connectivity index (χ2n) is 22.6. The molecule has 5 aromatic rings. The number of piperazine rings is 2. The molecule has 1 spiro atoms. The highest BCUT2D eigenvalue weighted by molar-refractivity contribution is 6.02. The number of fused-ring (bicyclic) bond motifs is 4. The minimum atomic E-state index is -1.00. The molecule has 2 aliphatic carbocycles. The number of nitrogens with zero attached hydrogens (tertiary/aromatic N) is 7. The maximum absolute atomic E-state index is 17.2. The number of nitrogens with one attached hydrogen (secondary N) is 2. The lowest BCUT2D eigenvalue weighted by atomic mass is 9.65. The summed E-state index contributed by atoms with van der Waals surface area (Å²) in [5.74, 6) is -3.44. The first-order valence-corrected chi connectivity index (χ1v) is 26.8. The predicted molar refractivity (Wildman–Crippen MR) is 271 cm³/mol.